The van der Waals surface area contributed by atoms with Crippen LogP contribution in [0.1, 0.15) is 65.5 Å². The number of H-pyrrole nitrogens is 1. The van der Waals surface area contributed by atoms with Crippen LogP contribution in [0.5, 0.6) is 0 Å². The number of imidazole rings is 1. The monoisotopic (exact) mass is 509 g/mol. The van der Waals surface area contributed by atoms with Crippen molar-refractivity contribution in [2.24, 2.45) is 23.3 Å². The number of rotatable bonds is 17. The van der Waals surface area contributed by atoms with Crippen LogP contribution in [0.3, 0.4) is 0 Å². The van der Waals surface area contributed by atoms with E-state index in [1.54, 1.807) is 6.92 Å². The van der Waals surface area contributed by atoms with E-state index in [0.717, 1.165) is 6.42 Å². The average Bonchev–Trinajstić information content (AvgIpc) is 3.33. The number of aromatic nitrogens is 2. The van der Waals surface area contributed by atoms with Gasteiger partial charge in [0.1, 0.15) is 18.1 Å². The first kappa shape index (κ1) is 31.0. The predicted molar refractivity (Wildman–Crippen MR) is 136 cm³/mol. The number of carboxylic acids is 1. The highest BCUT2D eigenvalue weighted by molar-refractivity contribution is 5.94. The quantitative estimate of drug-likeness (QED) is 0.142. The molecule has 1 aromatic rings. The molecule has 12 heteroatoms. The lowest BCUT2D eigenvalue weighted by atomic mass is 9.96. The number of carbonyl (C=O) groups is 4. The smallest absolute Gasteiger partial charge is 0.326 e. The SMILES string of the molecule is CCC(C)C(NC(=O)C(Cc1cnc[nH]1)NC(=O)C(N)CCCCN)C(=O)NC(CC(C)C)C(=O)O. The normalized spacial score (nSPS) is 15.4. The maximum Gasteiger partial charge on any atom is 0.326 e. The van der Waals surface area contributed by atoms with Crippen LogP contribution in [-0.2, 0) is 25.6 Å². The highest BCUT2D eigenvalue weighted by Gasteiger charge is 2.33. The van der Waals surface area contributed by atoms with Gasteiger partial charge in [-0.15, -0.1) is 0 Å². The lowest BCUT2D eigenvalue weighted by Gasteiger charge is -2.28. The van der Waals surface area contributed by atoms with Gasteiger partial charge in [0.05, 0.1) is 12.4 Å². The van der Waals surface area contributed by atoms with E-state index in [1.165, 1.54) is 12.5 Å². The molecule has 0 saturated heterocycles. The van der Waals surface area contributed by atoms with Crippen LogP contribution in [0.2, 0.25) is 0 Å². The van der Waals surface area contributed by atoms with E-state index in [4.69, 9.17) is 11.5 Å². The van der Waals surface area contributed by atoms with Crippen molar-refractivity contribution in [1.82, 2.24) is 25.9 Å². The van der Waals surface area contributed by atoms with Gasteiger partial charge in [0.15, 0.2) is 0 Å². The van der Waals surface area contributed by atoms with E-state index in [1.807, 2.05) is 20.8 Å². The maximum absolute atomic E-state index is 13.3. The Kier molecular flexibility index (Phi) is 13.7. The largest absolute Gasteiger partial charge is 0.480 e. The van der Waals surface area contributed by atoms with Crippen molar-refractivity contribution < 1.29 is 24.3 Å². The Morgan fingerprint density at radius 2 is 1.69 bits per heavy atom. The number of hydrogen-bond acceptors (Lipinski definition) is 7. The minimum absolute atomic E-state index is 0.0473. The van der Waals surface area contributed by atoms with Gasteiger partial charge in [0, 0.05) is 18.3 Å². The summed E-state index contributed by atoms with van der Waals surface area (Å²) < 4.78 is 0. The average molecular weight is 510 g/mol. The molecule has 204 valence electrons. The van der Waals surface area contributed by atoms with Crippen molar-refractivity contribution >= 4 is 23.7 Å². The van der Waals surface area contributed by atoms with Gasteiger partial charge in [-0.05, 0) is 37.6 Å². The molecular weight excluding hydrogens is 466 g/mol. The summed E-state index contributed by atoms with van der Waals surface area (Å²) in [6.45, 7) is 7.87. The van der Waals surface area contributed by atoms with E-state index in [9.17, 15) is 24.3 Å². The van der Waals surface area contributed by atoms with Crippen LogP contribution in [0, 0.1) is 11.8 Å². The fourth-order valence-corrected chi connectivity index (χ4v) is 3.65. The molecule has 12 nitrogen and oxygen atoms in total. The van der Waals surface area contributed by atoms with Gasteiger partial charge in [-0.3, -0.25) is 14.4 Å². The molecule has 0 aliphatic rings. The Morgan fingerprint density at radius 3 is 2.22 bits per heavy atom. The van der Waals surface area contributed by atoms with Crippen LogP contribution in [-0.4, -0.2) is 69.5 Å². The first-order valence-corrected chi connectivity index (χ1v) is 12.6. The summed E-state index contributed by atoms with van der Waals surface area (Å²) in [5, 5.41) is 17.5. The number of carboxylic acid groups (broad SMARTS) is 1. The number of aliphatic carboxylic acids is 1. The van der Waals surface area contributed by atoms with Gasteiger partial charge in [-0.2, -0.15) is 0 Å². The van der Waals surface area contributed by atoms with Crippen LogP contribution < -0.4 is 27.4 Å². The van der Waals surface area contributed by atoms with Gasteiger partial charge in [0.25, 0.3) is 0 Å². The lowest BCUT2D eigenvalue weighted by Crippen LogP contribution is -2.59. The number of hydrogen-bond donors (Lipinski definition) is 7. The van der Waals surface area contributed by atoms with E-state index < -0.39 is 47.9 Å². The molecule has 3 amide bonds. The Balaban J connectivity index is 3.03. The summed E-state index contributed by atoms with van der Waals surface area (Å²) in [4.78, 5) is 57.6. The van der Waals surface area contributed by atoms with Crippen molar-refractivity contribution in [3.63, 3.8) is 0 Å². The molecule has 0 spiro atoms. The molecule has 1 heterocycles. The van der Waals surface area contributed by atoms with Crippen LogP contribution >= 0.6 is 0 Å². The second-order valence-corrected chi connectivity index (χ2v) is 9.63. The molecule has 5 atom stereocenters. The molecular formula is C24H43N7O5. The Hall–Kier alpha value is -2.99. The minimum atomic E-state index is -1.14. The fourth-order valence-electron chi connectivity index (χ4n) is 3.65. The third-order valence-electron chi connectivity index (χ3n) is 6.03. The number of nitrogens with zero attached hydrogens (tertiary/aromatic N) is 1. The Bertz CT molecular complexity index is 831. The lowest BCUT2D eigenvalue weighted by molar-refractivity contribution is -0.143. The van der Waals surface area contributed by atoms with Gasteiger partial charge in [-0.1, -0.05) is 40.5 Å². The van der Waals surface area contributed by atoms with Gasteiger partial charge >= 0.3 is 5.97 Å². The van der Waals surface area contributed by atoms with E-state index >= 15 is 0 Å². The molecule has 9 N–H and O–H groups in total. The molecule has 36 heavy (non-hydrogen) atoms. The van der Waals surface area contributed by atoms with Crippen molar-refractivity contribution in [1.29, 1.82) is 0 Å². The van der Waals surface area contributed by atoms with Crippen LogP contribution in [0.4, 0.5) is 0 Å². The van der Waals surface area contributed by atoms with E-state index in [-0.39, 0.29) is 24.7 Å². The van der Waals surface area contributed by atoms with Crippen LogP contribution in [0.25, 0.3) is 0 Å². The highest BCUT2D eigenvalue weighted by atomic mass is 16.4. The van der Waals surface area contributed by atoms with Crippen molar-refractivity contribution in [2.75, 3.05) is 6.54 Å². The zero-order valence-electron chi connectivity index (χ0n) is 21.8. The molecule has 0 fully saturated rings. The predicted octanol–water partition coefficient (Wildman–Crippen LogP) is 0.0397. The number of aromatic amines is 1. The summed E-state index contributed by atoms with van der Waals surface area (Å²) >= 11 is 0. The van der Waals surface area contributed by atoms with Crippen molar-refractivity contribution in [2.45, 2.75) is 90.4 Å². The van der Waals surface area contributed by atoms with E-state index in [0.29, 0.717) is 31.5 Å². The fraction of sp³-hybridized carbons (Fsp3) is 0.708. The standard InChI is InChI=1S/C24H43N7O5/c1-5-15(4)20(23(34)30-19(24(35)36)10-14(2)3)31-22(33)18(11-16-12-27-13-28-16)29-21(32)17(26)8-6-7-9-25/h12-15,17-20H,5-11,25-26H2,1-4H3,(H,27,28)(H,29,32)(H,30,34)(H,31,33)(H,35,36). The summed E-state index contributed by atoms with van der Waals surface area (Å²) in [7, 11) is 0. The summed E-state index contributed by atoms with van der Waals surface area (Å²) in [6.07, 6.45) is 5.75. The topological polar surface area (TPSA) is 205 Å². The van der Waals surface area contributed by atoms with Crippen LogP contribution in [0.15, 0.2) is 12.5 Å². The minimum Gasteiger partial charge on any atom is -0.480 e. The number of nitrogens with one attached hydrogen (secondary N) is 4. The molecule has 0 radical (unpaired) electrons. The van der Waals surface area contributed by atoms with Crippen molar-refractivity contribution in [3.05, 3.63) is 18.2 Å². The third kappa shape index (κ3) is 10.7. The molecule has 0 aromatic carbocycles. The summed E-state index contributed by atoms with van der Waals surface area (Å²) in [6, 6.07) is -3.90. The first-order chi connectivity index (χ1) is 17.0. The molecule has 1 rings (SSSR count). The first-order valence-electron chi connectivity index (χ1n) is 12.6. The maximum atomic E-state index is 13.3. The van der Waals surface area contributed by atoms with E-state index in [2.05, 4.69) is 25.9 Å². The second kappa shape index (κ2) is 15.9. The Labute approximate surface area is 212 Å². The Morgan fingerprint density at radius 1 is 1.03 bits per heavy atom. The number of nitrogens with two attached hydrogens (primary N) is 2. The third-order valence-corrected chi connectivity index (χ3v) is 6.03. The molecule has 0 bridgehead atoms. The number of amides is 3. The molecule has 1 aromatic heterocycles. The number of unbranched alkanes of at least 4 members (excludes halogenated alkanes) is 1. The molecule has 0 saturated carbocycles. The molecule has 5 unspecified atom stereocenters. The summed E-state index contributed by atoms with van der Waals surface area (Å²) in [5.41, 5.74) is 12.1. The van der Waals surface area contributed by atoms with Gasteiger partial charge in [0.2, 0.25) is 17.7 Å². The zero-order valence-corrected chi connectivity index (χ0v) is 21.8. The second-order valence-electron chi connectivity index (χ2n) is 9.63. The zero-order chi connectivity index (χ0) is 27.3. The summed E-state index contributed by atoms with van der Waals surface area (Å²) in [5.74, 6) is -3.03. The van der Waals surface area contributed by atoms with Crippen molar-refractivity contribution in [3.8, 4) is 0 Å². The highest BCUT2D eigenvalue weighted by Crippen LogP contribution is 2.12. The molecule has 0 aliphatic carbocycles. The van der Waals surface area contributed by atoms with Gasteiger partial charge < -0.3 is 37.5 Å². The molecule has 0 aliphatic heterocycles. The number of carbonyl (C=O) groups excluding carboxylic acids is 3. The van der Waals surface area contributed by atoms with Gasteiger partial charge in [-0.25, -0.2) is 9.78 Å².